The minimum absolute atomic E-state index is 0.129. The second kappa shape index (κ2) is 6.17. The highest BCUT2D eigenvalue weighted by Crippen LogP contribution is 2.13. The van der Waals surface area contributed by atoms with E-state index in [1.807, 2.05) is 0 Å². The SMILES string of the molecule is O=C(O)CSC(=O)CCc1ccc(O)cc1. The highest BCUT2D eigenvalue weighted by atomic mass is 32.2. The van der Waals surface area contributed by atoms with Gasteiger partial charge in [-0.3, -0.25) is 9.59 Å². The molecule has 0 atom stereocenters. The monoisotopic (exact) mass is 240 g/mol. The van der Waals surface area contributed by atoms with Crippen LogP contribution in [0.2, 0.25) is 0 Å². The van der Waals surface area contributed by atoms with E-state index in [-0.39, 0.29) is 16.6 Å². The first-order valence-corrected chi connectivity index (χ1v) is 5.72. The lowest BCUT2D eigenvalue weighted by atomic mass is 10.1. The fourth-order valence-electron chi connectivity index (χ4n) is 1.12. The molecule has 0 aromatic heterocycles. The van der Waals surface area contributed by atoms with Crippen molar-refractivity contribution in [1.29, 1.82) is 0 Å². The van der Waals surface area contributed by atoms with Crippen molar-refractivity contribution < 1.29 is 19.8 Å². The zero-order chi connectivity index (χ0) is 12.0. The number of carbonyl (C=O) groups excluding carboxylic acids is 1. The lowest BCUT2D eigenvalue weighted by Gasteiger charge is -2.00. The Morgan fingerprint density at radius 1 is 1.19 bits per heavy atom. The first-order valence-electron chi connectivity index (χ1n) is 4.73. The molecular formula is C11H12O4S. The number of carboxylic acids is 1. The molecule has 0 aliphatic carbocycles. The third-order valence-corrected chi connectivity index (χ3v) is 2.83. The van der Waals surface area contributed by atoms with Gasteiger partial charge in [-0.15, -0.1) is 0 Å². The van der Waals surface area contributed by atoms with Gasteiger partial charge in [0.15, 0.2) is 5.12 Å². The summed E-state index contributed by atoms with van der Waals surface area (Å²) in [4.78, 5) is 21.5. The Kier molecular flexibility index (Phi) is 4.85. The Balaban J connectivity index is 2.31. The van der Waals surface area contributed by atoms with Crippen molar-refractivity contribution in [3.05, 3.63) is 29.8 Å². The topological polar surface area (TPSA) is 74.6 Å². The minimum Gasteiger partial charge on any atom is -0.508 e. The van der Waals surface area contributed by atoms with Gasteiger partial charge in [-0.25, -0.2) is 0 Å². The first-order chi connectivity index (χ1) is 7.58. The van der Waals surface area contributed by atoms with Crippen molar-refractivity contribution in [2.24, 2.45) is 0 Å². The Morgan fingerprint density at radius 2 is 1.81 bits per heavy atom. The number of phenolic OH excluding ortho intramolecular Hbond substituents is 1. The number of hydrogen-bond acceptors (Lipinski definition) is 4. The van der Waals surface area contributed by atoms with Crippen molar-refractivity contribution in [1.82, 2.24) is 0 Å². The summed E-state index contributed by atoms with van der Waals surface area (Å²) in [5.41, 5.74) is 0.946. The van der Waals surface area contributed by atoms with Gasteiger partial charge in [0.2, 0.25) is 0 Å². The maximum absolute atomic E-state index is 11.2. The standard InChI is InChI=1S/C11H12O4S/c12-9-4-1-8(2-5-9)3-6-11(15)16-7-10(13)14/h1-2,4-5,12H,3,6-7H2,(H,13,14). The van der Waals surface area contributed by atoms with E-state index in [2.05, 4.69) is 0 Å². The van der Waals surface area contributed by atoms with Gasteiger partial charge in [-0.2, -0.15) is 0 Å². The van der Waals surface area contributed by atoms with Crippen molar-refractivity contribution >= 4 is 22.8 Å². The van der Waals surface area contributed by atoms with Crippen LogP contribution in [0.3, 0.4) is 0 Å². The number of benzene rings is 1. The summed E-state index contributed by atoms with van der Waals surface area (Å²) >= 11 is 0.819. The molecule has 0 heterocycles. The van der Waals surface area contributed by atoms with Crippen molar-refractivity contribution in [2.45, 2.75) is 12.8 Å². The molecule has 16 heavy (non-hydrogen) atoms. The molecule has 0 bridgehead atoms. The van der Waals surface area contributed by atoms with E-state index in [9.17, 15) is 9.59 Å². The van der Waals surface area contributed by atoms with Crippen LogP contribution < -0.4 is 0 Å². The molecule has 0 saturated heterocycles. The van der Waals surface area contributed by atoms with Gasteiger partial charge in [0.25, 0.3) is 0 Å². The molecule has 1 aromatic rings. The average molecular weight is 240 g/mol. The highest BCUT2D eigenvalue weighted by molar-refractivity contribution is 8.14. The molecule has 0 fully saturated rings. The molecule has 0 amide bonds. The van der Waals surface area contributed by atoms with E-state index in [0.29, 0.717) is 12.8 Å². The van der Waals surface area contributed by atoms with Gasteiger partial charge in [0, 0.05) is 6.42 Å². The second-order valence-corrected chi connectivity index (χ2v) is 4.25. The lowest BCUT2D eigenvalue weighted by molar-refractivity contribution is -0.134. The Labute approximate surface area is 97.3 Å². The summed E-state index contributed by atoms with van der Waals surface area (Å²) in [6.07, 6.45) is 0.869. The van der Waals surface area contributed by atoms with Gasteiger partial charge in [0.1, 0.15) is 5.75 Å². The normalized spacial score (nSPS) is 10.0. The Hall–Kier alpha value is -1.49. The number of aryl methyl sites for hydroxylation is 1. The number of carboxylic acid groups (broad SMARTS) is 1. The summed E-state index contributed by atoms with van der Waals surface area (Å²) in [5.74, 6) is -0.979. The van der Waals surface area contributed by atoms with Crippen LogP contribution in [0.15, 0.2) is 24.3 Å². The van der Waals surface area contributed by atoms with Crippen LogP contribution in [-0.4, -0.2) is 27.1 Å². The predicted octanol–water partition coefficient (Wildman–Crippen LogP) is 1.67. The number of aromatic hydroxyl groups is 1. The maximum atomic E-state index is 11.2. The molecule has 0 unspecified atom stereocenters. The Bertz CT molecular complexity index is 372. The third kappa shape index (κ3) is 4.84. The van der Waals surface area contributed by atoms with E-state index < -0.39 is 5.97 Å². The van der Waals surface area contributed by atoms with Gasteiger partial charge in [-0.05, 0) is 24.1 Å². The van der Waals surface area contributed by atoms with E-state index in [1.54, 1.807) is 24.3 Å². The molecule has 4 nitrogen and oxygen atoms in total. The molecule has 0 aliphatic rings. The number of hydrogen-bond donors (Lipinski definition) is 2. The van der Waals surface area contributed by atoms with Crippen LogP contribution in [0.25, 0.3) is 0 Å². The summed E-state index contributed by atoms with van der Waals surface area (Å²) < 4.78 is 0. The van der Waals surface area contributed by atoms with Crippen LogP contribution in [0, 0.1) is 0 Å². The van der Waals surface area contributed by atoms with Crippen LogP contribution >= 0.6 is 11.8 Å². The van der Waals surface area contributed by atoms with E-state index >= 15 is 0 Å². The smallest absolute Gasteiger partial charge is 0.313 e. The molecular weight excluding hydrogens is 228 g/mol. The predicted molar refractivity (Wildman–Crippen MR) is 61.5 cm³/mol. The van der Waals surface area contributed by atoms with Crippen molar-refractivity contribution in [2.75, 3.05) is 5.75 Å². The molecule has 86 valence electrons. The molecule has 0 saturated carbocycles. The molecule has 0 aliphatic heterocycles. The quantitative estimate of drug-likeness (QED) is 0.818. The molecule has 0 radical (unpaired) electrons. The number of thioether (sulfide) groups is 1. The maximum Gasteiger partial charge on any atom is 0.313 e. The fourth-order valence-corrected chi connectivity index (χ4v) is 1.65. The first kappa shape index (κ1) is 12.6. The highest BCUT2D eigenvalue weighted by Gasteiger charge is 2.06. The number of carbonyl (C=O) groups is 2. The van der Waals surface area contributed by atoms with Gasteiger partial charge >= 0.3 is 5.97 Å². The van der Waals surface area contributed by atoms with Crippen molar-refractivity contribution in [3.63, 3.8) is 0 Å². The van der Waals surface area contributed by atoms with E-state index in [0.717, 1.165) is 17.3 Å². The van der Waals surface area contributed by atoms with Crippen LogP contribution in [0.5, 0.6) is 5.75 Å². The van der Waals surface area contributed by atoms with E-state index in [4.69, 9.17) is 10.2 Å². The summed E-state index contributed by atoms with van der Waals surface area (Å²) in [7, 11) is 0. The zero-order valence-corrected chi connectivity index (χ0v) is 9.37. The molecule has 2 N–H and O–H groups in total. The van der Waals surface area contributed by atoms with Gasteiger partial charge in [0.05, 0.1) is 5.75 Å². The van der Waals surface area contributed by atoms with Gasteiger partial charge in [-0.1, -0.05) is 23.9 Å². The molecule has 5 heteroatoms. The second-order valence-electron chi connectivity index (χ2n) is 3.22. The Morgan fingerprint density at radius 3 is 2.38 bits per heavy atom. The van der Waals surface area contributed by atoms with Gasteiger partial charge < -0.3 is 10.2 Å². The minimum atomic E-state index is -0.983. The molecule has 1 aromatic carbocycles. The van der Waals surface area contributed by atoms with Crippen LogP contribution in [-0.2, 0) is 16.0 Å². The molecule has 1 rings (SSSR count). The zero-order valence-electron chi connectivity index (χ0n) is 8.55. The fraction of sp³-hybridized carbons (Fsp3) is 0.273. The van der Waals surface area contributed by atoms with E-state index in [1.165, 1.54) is 0 Å². The number of aliphatic carboxylic acids is 1. The number of phenols is 1. The summed E-state index contributed by atoms with van der Waals surface area (Å²) in [6.45, 7) is 0. The lowest BCUT2D eigenvalue weighted by Crippen LogP contribution is -2.03. The largest absolute Gasteiger partial charge is 0.508 e. The number of rotatable bonds is 5. The third-order valence-electron chi connectivity index (χ3n) is 1.91. The van der Waals surface area contributed by atoms with Crippen molar-refractivity contribution in [3.8, 4) is 5.75 Å². The van der Waals surface area contributed by atoms with Crippen LogP contribution in [0.1, 0.15) is 12.0 Å². The van der Waals surface area contributed by atoms with Crippen LogP contribution in [0.4, 0.5) is 0 Å². The summed E-state index contributed by atoms with van der Waals surface area (Å²) in [6, 6.07) is 6.60. The summed E-state index contributed by atoms with van der Waals surface area (Å²) in [5, 5.41) is 17.3. The average Bonchev–Trinajstić information content (AvgIpc) is 2.25. The molecule has 0 spiro atoms.